The van der Waals surface area contributed by atoms with E-state index in [0.29, 0.717) is 13.2 Å². The molecule has 0 bridgehead atoms. The number of unbranched alkanes of at least 4 members (excludes halogenated alkanes) is 1. The summed E-state index contributed by atoms with van der Waals surface area (Å²) in [5.41, 5.74) is -0.553. The lowest BCUT2D eigenvalue weighted by Gasteiger charge is -2.21. The molecule has 0 spiro atoms. The van der Waals surface area contributed by atoms with Crippen LogP contribution in [0.15, 0.2) is 0 Å². The zero-order chi connectivity index (χ0) is 12.8. The van der Waals surface area contributed by atoms with Crippen LogP contribution in [0.4, 0.5) is 0 Å². The van der Waals surface area contributed by atoms with E-state index in [2.05, 4.69) is 0 Å². The fraction of sp³-hybridized carbons (Fsp3) is 0.933. The van der Waals surface area contributed by atoms with Gasteiger partial charge in [0, 0.05) is 0 Å². The smallest absolute Gasteiger partial charge is 0.340 e. The molecule has 0 aromatic heterocycles. The van der Waals surface area contributed by atoms with Crippen LogP contribution in [0.1, 0.15) is 64.7 Å². The number of hydrogen-bond acceptors (Lipinski definition) is 3. The van der Waals surface area contributed by atoms with E-state index in [4.69, 9.17) is 9.47 Å². The number of carbonyl (C=O) groups excluding carboxylic acids is 1. The van der Waals surface area contributed by atoms with Crippen molar-refractivity contribution in [1.82, 2.24) is 0 Å². The first-order valence-electron chi connectivity index (χ1n) is 7.58. The summed E-state index contributed by atoms with van der Waals surface area (Å²) in [5, 5.41) is 0. The summed E-state index contributed by atoms with van der Waals surface area (Å²) in [6.45, 7) is 2.86. The van der Waals surface area contributed by atoms with Crippen molar-refractivity contribution in [2.75, 3.05) is 13.2 Å². The molecule has 3 nitrogen and oxygen atoms in total. The van der Waals surface area contributed by atoms with Crippen LogP contribution in [0.3, 0.4) is 0 Å². The number of esters is 1. The van der Waals surface area contributed by atoms with Gasteiger partial charge in [0.2, 0.25) is 0 Å². The van der Waals surface area contributed by atoms with Crippen molar-refractivity contribution in [3.63, 3.8) is 0 Å². The average Bonchev–Trinajstić information content (AvgIpc) is 3.18. The maximum Gasteiger partial charge on any atom is 0.340 e. The van der Waals surface area contributed by atoms with Crippen molar-refractivity contribution >= 4 is 5.97 Å². The molecule has 1 heterocycles. The van der Waals surface area contributed by atoms with Crippen LogP contribution >= 0.6 is 0 Å². The van der Waals surface area contributed by atoms with Crippen molar-refractivity contribution < 1.29 is 14.3 Å². The first-order chi connectivity index (χ1) is 8.77. The highest BCUT2D eigenvalue weighted by Crippen LogP contribution is 2.35. The zero-order valence-electron chi connectivity index (χ0n) is 11.6. The van der Waals surface area contributed by atoms with Crippen LogP contribution in [0, 0.1) is 5.92 Å². The van der Waals surface area contributed by atoms with Gasteiger partial charge >= 0.3 is 5.97 Å². The standard InChI is InChI=1S/C15H26O3/c1-2-17-14(16)15(12-18-15)11-7-6-10-13-8-4-3-5-9-13/h13H,2-12H2,1H3. The fourth-order valence-corrected chi connectivity index (χ4v) is 3.03. The van der Waals surface area contributed by atoms with Crippen LogP contribution in [0.25, 0.3) is 0 Å². The molecule has 2 aliphatic rings. The van der Waals surface area contributed by atoms with Gasteiger partial charge in [0.05, 0.1) is 13.2 Å². The number of carbonyl (C=O) groups is 1. The predicted molar refractivity (Wildman–Crippen MR) is 70.4 cm³/mol. The molecular weight excluding hydrogens is 228 g/mol. The SMILES string of the molecule is CCOC(=O)C1(CCCCC2CCCCC2)CO1. The quantitative estimate of drug-likeness (QED) is 0.397. The van der Waals surface area contributed by atoms with Crippen molar-refractivity contribution in [3.05, 3.63) is 0 Å². The Balaban J connectivity index is 1.59. The number of epoxide rings is 1. The topological polar surface area (TPSA) is 38.8 Å². The van der Waals surface area contributed by atoms with Crippen molar-refractivity contribution in [1.29, 1.82) is 0 Å². The van der Waals surface area contributed by atoms with Crippen LogP contribution in [0.5, 0.6) is 0 Å². The van der Waals surface area contributed by atoms with Gasteiger partial charge in [-0.1, -0.05) is 44.9 Å². The molecule has 1 atom stereocenters. The Morgan fingerprint density at radius 2 is 2.00 bits per heavy atom. The molecule has 3 heteroatoms. The van der Waals surface area contributed by atoms with E-state index < -0.39 is 5.60 Å². The number of hydrogen-bond donors (Lipinski definition) is 0. The van der Waals surface area contributed by atoms with Gasteiger partial charge < -0.3 is 9.47 Å². The molecule has 1 aliphatic carbocycles. The fourth-order valence-electron chi connectivity index (χ4n) is 3.03. The summed E-state index contributed by atoms with van der Waals surface area (Å²) >= 11 is 0. The monoisotopic (exact) mass is 254 g/mol. The number of rotatable bonds is 7. The van der Waals surface area contributed by atoms with Crippen LogP contribution in [0.2, 0.25) is 0 Å². The Bertz CT molecular complexity index is 265. The summed E-state index contributed by atoms with van der Waals surface area (Å²) in [6.07, 6.45) is 11.6. The summed E-state index contributed by atoms with van der Waals surface area (Å²) in [4.78, 5) is 11.7. The summed E-state index contributed by atoms with van der Waals surface area (Å²) in [6, 6.07) is 0. The Labute approximate surface area is 110 Å². The summed E-state index contributed by atoms with van der Waals surface area (Å²) in [7, 11) is 0. The minimum absolute atomic E-state index is 0.150. The molecule has 0 aromatic carbocycles. The van der Waals surface area contributed by atoms with E-state index >= 15 is 0 Å². The van der Waals surface area contributed by atoms with Gasteiger partial charge in [-0.25, -0.2) is 4.79 Å². The van der Waals surface area contributed by atoms with Crippen molar-refractivity contribution in [2.45, 2.75) is 70.3 Å². The van der Waals surface area contributed by atoms with Gasteiger partial charge in [-0.05, 0) is 25.7 Å². The Kier molecular flexibility index (Phi) is 5.04. The highest BCUT2D eigenvalue weighted by molar-refractivity contribution is 5.82. The van der Waals surface area contributed by atoms with E-state index in [-0.39, 0.29) is 5.97 Å². The molecule has 0 amide bonds. The van der Waals surface area contributed by atoms with E-state index in [1.807, 2.05) is 6.92 Å². The van der Waals surface area contributed by atoms with E-state index in [1.54, 1.807) is 0 Å². The lowest BCUT2D eigenvalue weighted by Crippen LogP contribution is -2.27. The lowest BCUT2D eigenvalue weighted by molar-refractivity contribution is -0.149. The van der Waals surface area contributed by atoms with E-state index in [0.717, 1.165) is 18.8 Å². The largest absolute Gasteiger partial charge is 0.464 e. The third kappa shape index (κ3) is 3.71. The molecule has 1 aliphatic heterocycles. The second kappa shape index (κ2) is 6.55. The molecule has 0 aromatic rings. The van der Waals surface area contributed by atoms with Gasteiger partial charge in [0.15, 0.2) is 5.60 Å². The molecule has 1 saturated heterocycles. The average molecular weight is 254 g/mol. The van der Waals surface area contributed by atoms with Crippen molar-refractivity contribution in [2.24, 2.45) is 5.92 Å². The zero-order valence-corrected chi connectivity index (χ0v) is 11.6. The van der Waals surface area contributed by atoms with Crippen molar-refractivity contribution in [3.8, 4) is 0 Å². The second-order valence-electron chi connectivity index (χ2n) is 5.75. The molecule has 104 valence electrons. The molecule has 2 rings (SSSR count). The van der Waals surface area contributed by atoms with Crippen LogP contribution in [-0.2, 0) is 14.3 Å². The van der Waals surface area contributed by atoms with Gasteiger partial charge in [0.1, 0.15) is 0 Å². The normalized spacial score (nSPS) is 28.1. The van der Waals surface area contributed by atoms with Gasteiger partial charge in [0.25, 0.3) is 0 Å². The molecular formula is C15H26O3. The Morgan fingerprint density at radius 1 is 1.28 bits per heavy atom. The summed E-state index contributed by atoms with van der Waals surface area (Å²) < 4.78 is 10.4. The first kappa shape index (κ1) is 13.9. The molecule has 18 heavy (non-hydrogen) atoms. The number of ether oxygens (including phenoxy) is 2. The highest BCUT2D eigenvalue weighted by Gasteiger charge is 2.52. The Morgan fingerprint density at radius 3 is 2.61 bits per heavy atom. The van der Waals surface area contributed by atoms with Gasteiger partial charge in [-0.15, -0.1) is 0 Å². The maximum absolute atomic E-state index is 11.7. The van der Waals surface area contributed by atoms with E-state index in [9.17, 15) is 4.79 Å². The molecule has 1 unspecified atom stereocenters. The minimum Gasteiger partial charge on any atom is -0.464 e. The molecule has 0 radical (unpaired) electrons. The highest BCUT2D eigenvalue weighted by atomic mass is 16.6. The third-order valence-corrected chi connectivity index (χ3v) is 4.31. The Hall–Kier alpha value is -0.570. The first-order valence-corrected chi connectivity index (χ1v) is 7.58. The van der Waals surface area contributed by atoms with Crippen LogP contribution in [-0.4, -0.2) is 24.8 Å². The van der Waals surface area contributed by atoms with Gasteiger partial charge in [-0.3, -0.25) is 0 Å². The lowest BCUT2D eigenvalue weighted by atomic mass is 9.85. The molecule has 2 fully saturated rings. The molecule has 1 saturated carbocycles. The minimum atomic E-state index is -0.553. The van der Waals surface area contributed by atoms with E-state index in [1.165, 1.54) is 44.9 Å². The van der Waals surface area contributed by atoms with Gasteiger partial charge in [-0.2, -0.15) is 0 Å². The molecule has 0 N–H and O–H groups in total. The summed E-state index contributed by atoms with van der Waals surface area (Å²) in [5.74, 6) is 0.792. The maximum atomic E-state index is 11.7. The third-order valence-electron chi connectivity index (χ3n) is 4.31. The predicted octanol–water partition coefficient (Wildman–Crippen LogP) is 3.46. The van der Waals surface area contributed by atoms with Crippen LogP contribution < -0.4 is 0 Å². The second-order valence-corrected chi connectivity index (χ2v) is 5.75.